The van der Waals surface area contributed by atoms with Crippen molar-refractivity contribution < 1.29 is 14.4 Å². The molecule has 3 fully saturated rings. The normalized spacial score (nSPS) is 31.2. The van der Waals surface area contributed by atoms with Crippen LogP contribution in [0.25, 0.3) is 0 Å². The number of nitrogens with two attached hydrogens (primary N) is 1. The number of piperidine rings is 2. The monoisotopic (exact) mass is 489 g/mol. The minimum atomic E-state index is -0.0696. The first kappa shape index (κ1) is 24.9. The van der Waals surface area contributed by atoms with Crippen molar-refractivity contribution in [1.29, 1.82) is 0 Å². The van der Waals surface area contributed by atoms with Crippen LogP contribution in [0.2, 0.25) is 0 Å². The molecule has 1 aromatic rings. The van der Waals surface area contributed by atoms with E-state index in [2.05, 4.69) is 36.0 Å². The van der Waals surface area contributed by atoms with Gasteiger partial charge in [0, 0.05) is 49.9 Å². The number of anilines is 1. The molecule has 9 heteroatoms. The molecule has 2 bridgehead atoms. The number of nitrogen functional groups attached to an aromatic ring is 1. The van der Waals surface area contributed by atoms with Gasteiger partial charge in [-0.05, 0) is 55.8 Å². The molecule has 0 radical (unpaired) electrons. The Bertz CT molecular complexity index is 903. The van der Waals surface area contributed by atoms with E-state index in [1.54, 1.807) is 5.38 Å². The number of hydrogen-bond donors (Lipinski definition) is 2. The fourth-order valence-electron chi connectivity index (χ4n) is 6.02. The first-order chi connectivity index (χ1) is 16.2. The molecular formula is C25H39N5O3S. The lowest BCUT2D eigenvalue weighted by atomic mass is 9.77. The molecule has 0 aromatic carbocycles. The smallest absolute Gasteiger partial charge is 0.273 e. The molecule has 3 aliphatic rings. The molecule has 1 aromatic heterocycles. The highest BCUT2D eigenvalue weighted by molar-refractivity contribution is 7.13. The number of carbonyl (C=O) groups excluding carboxylic acids is 3. The summed E-state index contributed by atoms with van der Waals surface area (Å²) in [7, 11) is 0. The van der Waals surface area contributed by atoms with Gasteiger partial charge in [0.25, 0.3) is 5.91 Å². The summed E-state index contributed by atoms with van der Waals surface area (Å²) in [4.78, 5) is 47.4. The van der Waals surface area contributed by atoms with Gasteiger partial charge in [-0.3, -0.25) is 14.4 Å². The molecule has 8 nitrogen and oxygen atoms in total. The Morgan fingerprint density at radius 2 is 2.00 bits per heavy atom. The molecule has 3 aliphatic heterocycles. The van der Waals surface area contributed by atoms with Crippen molar-refractivity contribution in [3.05, 3.63) is 11.1 Å². The van der Waals surface area contributed by atoms with Crippen LogP contribution in [-0.4, -0.2) is 64.2 Å². The predicted octanol–water partition coefficient (Wildman–Crippen LogP) is 3.15. The molecule has 4 heterocycles. The van der Waals surface area contributed by atoms with Crippen LogP contribution < -0.4 is 11.1 Å². The number of thiazole rings is 1. The molecule has 3 N–H and O–H groups in total. The third-order valence-electron chi connectivity index (χ3n) is 7.87. The van der Waals surface area contributed by atoms with Crippen LogP contribution >= 0.6 is 11.3 Å². The van der Waals surface area contributed by atoms with Gasteiger partial charge in [-0.1, -0.05) is 20.8 Å². The van der Waals surface area contributed by atoms with E-state index in [-0.39, 0.29) is 47.6 Å². The highest BCUT2D eigenvalue weighted by Gasteiger charge is 2.44. The molecule has 3 amide bonds. The van der Waals surface area contributed by atoms with Gasteiger partial charge in [0.1, 0.15) is 5.69 Å². The molecule has 0 spiro atoms. The number of likely N-dealkylation sites (tertiary alicyclic amines) is 1. The van der Waals surface area contributed by atoms with Gasteiger partial charge < -0.3 is 20.9 Å². The van der Waals surface area contributed by atoms with Crippen LogP contribution in [0.5, 0.6) is 0 Å². The van der Waals surface area contributed by atoms with Crippen LogP contribution in [0.3, 0.4) is 0 Å². The standard InChI is InChI=1S/C25H39N5O3S/c1-15(2)19-8-7-16(3)9-23(32)30-12-17-10-18(21(30)5-4-6-22(31)27-19)13-29(11-17)24(33)20-14-34-25(26)28-20/h14-19,21H,4-13H2,1-3H3,(H2,26,28)(H,27,31)/t16-,17+,18-,19+,21+/m1/s1. The third kappa shape index (κ3) is 5.73. The van der Waals surface area contributed by atoms with Crippen molar-refractivity contribution in [1.82, 2.24) is 20.1 Å². The van der Waals surface area contributed by atoms with Gasteiger partial charge in [0.2, 0.25) is 11.8 Å². The summed E-state index contributed by atoms with van der Waals surface area (Å²) in [6, 6.07) is 0.230. The maximum atomic E-state index is 13.5. The number of rotatable bonds is 2. The van der Waals surface area contributed by atoms with Gasteiger partial charge in [-0.2, -0.15) is 0 Å². The van der Waals surface area contributed by atoms with E-state index in [1.807, 2.05) is 4.90 Å². The predicted molar refractivity (Wildman–Crippen MR) is 133 cm³/mol. The Morgan fingerprint density at radius 1 is 1.21 bits per heavy atom. The fourth-order valence-corrected chi connectivity index (χ4v) is 6.56. The first-order valence-electron chi connectivity index (χ1n) is 12.8. The number of nitrogens with zero attached hydrogens (tertiary/aromatic N) is 3. The second-order valence-corrected chi connectivity index (χ2v) is 11.8. The molecule has 5 atom stereocenters. The van der Waals surface area contributed by atoms with Gasteiger partial charge in [-0.25, -0.2) is 4.98 Å². The number of aromatic nitrogens is 1. The van der Waals surface area contributed by atoms with E-state index >= 15 is 0 Å². The van der Waals surface area contributed by atoms with Crippen molar-refractivity contribution in [2.24, 2.45) is 23.7 Å². The summed E-state index contributed by atoms with van der Waals surface area (Å²) in [5.41, 5.74) is 6.16. The molecule has 188 valence electrons. The number of fused-ring (bicyclic) bond motifs is 4. The highest BCUT2D eigenvalue weighted by atomic mass is 32.1. The number of amides is 3. The lowest BCUT2D eigenvalue weighted by molar-refractivity contribution is -0.141. The number of carbonyl (C=O) groups is 3. The molecule has 0 unspecified atom stereocenters. The number of nitrogens with one attached hydrogen (secondary N) is 1. The maximum absolute atomic E-state index is 13.5. The van der Waals surface area contributed by atoms with E-state index in [0.29, 0.717) is 49.2 Å². The van der Waals surface area contributed by atoms with E-state index in [9.17, 15) is 14.4 Å². The third-order valence-corrected chi connectivity index (χ3v) is 8.54. The van der Waals surface area contributed by atoms with Gasteiger partial charge in [0.05, 0.1) is 0 Å². The van der Waals surface area contributed by atoms with E-state index in [0.717, 1.165) is 32.1 Å². The summed E-state index contributed by atoms with van der Waals surface area (Å²) in [6.07, 6.45) is 5.43. The Hall–Kier alpha value is -2.16. The molecular weight excluding hydrogens is 450 g/mol. The molecule has 0 saturated carbocycles. The lowest BCUT2D eigenvalue weighted by Crippen LogP contribution is -2.60. The van der Waals surface area contributed by atoms with Gasteiger partial charge >= 0.3 is 0 Å². The van der Waals surface area contributed by atoms with Crippen LogP contribution in [0.15, 0.2) is 5.38 Å². The highest BCUT2D eigenvalue weighted by Crippen LogP contribution is 2.37. The average molecular weight is 490 g/mol. The van der Waals surface area contributed by atoms with Crippen molar-refractivity contribution in [2.45, 2.75) is 77.8 Å². The van der Waals surface area contributed by atoms with Crippen molar-refractivity contribution >= 4 is 34.2 Å². The largest absolute Gasteiger partial charge is 0.375 e. The van der Waals surface area contributed by atoms with Crippen LogP contribution in [0.4, 0.5) is 5.13 Å². The van der Waals surface area contributed by atoms with Crippen molar-refractivity contribution in [3.8, 4) is 0 Å². The summed E-state index contributed by atoms with van der Waals surface area (Å²) >= 11 is 1.28. The SMILES string of the molecule is CC(C)[C@@H]1CC[C@@H](C)CC(=O)N2C[C@H]3C[C@H](CN(C(=O)c4csc(N)n4)C3)[C@@H]2CCCC(=O)N1. The number of hydrogen-bond acceptors (Lipinski definition) is 6. The van der Waals surface area contributed by atoms with Crippen LogP contribution in [0.1, 0.15) is 76.2 Å². The zero-order valence-electron chi connectivity index (χ0n) is 20.7. The van der Waals surface area contributed by atoms with E-state index < -0.39 is 0 Å². The summed E-state index contributed by atoms with van der Waals surface area (Å²) in [5, 5.41) is 5.36. The van der Waals surface area contributed by atoms with Gasteiger partial charge in [0.15, 0.2) is 5.13 Å². The Kier molecular flexibility index (Phi) is 7.80. The summed E-state index contributed by atoms with van der Waals surface area (Å²) in [6.45, 7) is 8.40. The van der Waals surface area contributed by atoms with Gasteiger partial charge in [-0.15, -0.1) is 11.3 Å². The van der Waals surface area contributed by atoms with E-state index in [1.165, 1.54) is 11.3 Å². The Labute approximate surface area is 206 Å². The summed E-state index contributed by atoms with van der Waals surface area (Å²) in [5.74, 6) is 1.43. The Balaban J connectivity index is 1.50. The first-order valence-corrected chi connectivity index (χ1v) is 13.7. The molecule has 4 rings (SSSR count). The van der Waals surface area contributed by atoms with Crippen molar-refractivity contribution in [3.63, 3.8) is 0 Å². The maximum Gasteiger partial charge on any atom is 0.273 e. The van der Waals surface area contributed by atoms with Crippen molar-refractivity contribution in [2.75, 3.05) is 25.4 Å². The Morgan fingerprint density at radius 3 is 2.71 bits per heavy atom. The lowest BCUT2D eigenvalue weighted by Gasteiger charge is -2.51. The van der Waals surface area contributed by atoms with Crippen LogP contribution in [0, 0.1) is 23.7 Å². The second-order valence-electron chi connectivity index (χ2n) is 11.0. The topological polar surface area (TPSA) is 109 Å². The minimum absolute atomic E-state index is 0.0696. The minimum Gasteiger partial charge on any atom is -0.375 e. The fraction of sp³-hybridized carbons (Fsp3) is 0.760. The zero-order chi connectivity index (χ0) is 24.4. The molecule has 0 aliphatic carbocycles. The quantitative estimate of drug-likeness (QED) is 0.663. The molecule has 3 saturated heterocycles. The second kappa shape index (κ2) is 10.6. The molecule has 34 heavy (non-hydrogen) atoms. The van der Waals surface area contributed by atoms with Crippen LogP contribution in [-0.2, 0) is 9.59 Å². The van der Waals surface area contributed by atoms with E-state index in [4.69, 9.17) is 5.73 Å². The zero-order valence-corrected chi connectivity index (χ0v) is 21.5. The summed E-state index contributed by atoms with van der Waals surface area (Å²) < 4.78 is 0. The average Bonchev–Trinajstić information content (AvgIpc) is 3.22.